The van der Waals surface area contributed by atoms with Crippen LogP contribution in [0.1, 0.15) is 17.0 Å². The monoisotopic (exact) mass is 312 g/mol. The molecule has 0 radical (unpaired) electrons. The predicted molar refractivity (Wildman–Crippen MR) is 74.3 cm³/mol. The molecular formula is C14H15F3N4O. The van der Waals surface area contributed by atoms with Crippen molar-refractivity contribution in [1.82, 2.24) is 15.6 Å². The molecule has 1 amide bonds. The van der Waals surface area contributed by atoms with Crippen LogP contribution in [0.4, 0.5) is 19.0 Å². The summed E-state index contributed by atoms with van der Waals surface area (Å²) in [6, 6.07) is 1.89. The van der Waals surface area contributed by atoms with E-state index in [1.165, 1.54) is 0 Å². The van der Waals surface area contributed by atoms with Crippen LogP contribution >= 0.6 is 0 Å². The van der Waals surface area contributed by atoms with E-state index in [9.17, 15) is 18.0 Å². The van der Waals surface area contributed by atoms with Crippen molar-refractivity contribution in [3.63, 3.8) is 0 Å². The molecule has 3 N–H and O–H groups in total. The molecule has 118 valence electrons. The molecule has 5 nitrogen and oxygen atoms in total. The van der Waals surface area contributed by atoms with Gasteiger partial charge in [-0.1, -0.05) is 0 Å². The molecule has 2 aliphatic rings. The van der Waals surface area contributed by atoms with Crippen molar-refractivity contribution in [2.24, 2.45) is 0 Å². The average molecular weight is 312 g/mol. The number of alkyl halides is 3. The van der Waals surface area contributed by atoms with Crippen molar-refractivity contribution < 1.29 is 18.0 Å². The van der Waals surface area contributed by atoms with Crippen LogP contribution in [-0.4, -0.2) is 36.7 Å². The van der Waals surface area contributed by atoms with E-state index in [0.717, 1.165) is 29.9 Å². The number of hydrogen-bond acceptors (Lipinski definition) is 4. The Labute approximate surface area is 125 Å². The third kappa shape index (κ3) is 3.00. The molecule has 0 aromatic carbocycles. The molecule has 1 atom stereocenters. The van der Waals surface area contributed by atoms with Crippen LogP contribution in [0.3, 0.4) is 0 Å². The molecule has 2 aliphatic heterocycles. The highest BCUT2D eigenvalue weighted by Gasteiger charge is 2.30. The zero-order valence-electron chi connectivity index (χ0n) is 11.6. The molecule has 0 spiro atoms. The molecule has 3 rings (SSSR count). The highest BCUT2D eigenvalue weighted by atomic mass is 19.4. The van der Waals surface area contributed by atoms with E-state index >= 15 is 0 Å². The first-order chi connectivity index (χ1) is 10.4. The van der Waals surface area contributed by atoms with Crippen molar-refractivity contribution in [1.29, 1.82) is 0 Å². The summed E-state index contributed by atoms with van der Waals surface area (Å²) in [6.07, 6.45) is -0.175. The molecule has 3 heterocycles. The van der Waals surface area contributed by atoms with Crippen LogP contribution in [0.5, 0.6) is 0 Å². The smallest absolute Gasteiger partial charge is 0.380 e. The number of amides is 1. The second-order valence-electron chi connectivity index (χ2n) is 5.27. The van der Waals surface area contributed by atoms with Crippen LogP contribution in [0.25, 0.3) is 0 Å². The van der Waals surface area contributed by atoms with Gasteiger partial charge in [0.2, 0.25) is 0 Å². The van der Waals surface area contributed by atoms with Gasteiger partial charge in [0.1, 0.15) is 12.4 Å². The van der Waals surface area contributed by atoms with Crippen molar-refractivity contribution in [2.45, 2.75) is 18.5 Å². The summed E-state index contributed by atoms with van der Waals surface area (Å²) in [5, 5.41) is 7.92. The molecule has 0 fully saturated rings. The van der Waals surface area contributed by atoms with Crippen molar-refractivity contribution in [2.75, 3.05) is 25.0 Å². The van der Waals surface area contributed by atoms with Crippen molar-refractivity contribution >= 4 is 11.7 Å². The summed E-state index contributed by atoms with van der Waals surface area (Å²) >= 11 is 0. The number of rotatable bonds is 3. The number of carbonyl (C=O) groups is 1. The predicted octanol–water partition coefficient (Wildman–Crippen LogP) is 1.30. The van der Waals surface area contributed by atoms with Gasteiger partial charge in [0.05, 0.1) is 5.70 Å². The van der Waals surface area contributed by atoms with E-state index in [1.807, 2.05) is 11.4 Å². The maximum absolute atomic E-state index is 12.1. The van der Waals surface area contributed by atoms with Gasteiger partial charge in [-0.25, -0.2) is 4.98 Å². The zero-order valence-corrected chi connectivity index (χ0v) is 11.6. The van der Waals surface area contributed by atoms with Gasteiger partial charge in [-0.3, -0.25) is 4.79 Å². The van der Waals surface area contributed by atoms with E-state index in [1.54, 1.807) is 12.3 Å². The second-order valence-corrected chi connectivity index (χ2v) is 5.27. The van der Waals surface area contributed by atoms with Gasteiger partial charge in [0.25, 0.3) is 5.91 Å². The molecule has 0 saturated heterocycles. The van der Waals surface area contributed by atoms with E-state index in [4.69, 9.17) is 0 Å². The Bertz CT molecular complexity index is 627. The fraction of sp³-hybridized carbons (Fsp3) is 0.429. The summed E-state index contributed by atoms with van der Waals surface area (Å²) in [6.45, 7) is -0.0164. The minimum Gasteiger partial charge on any atom is -0.380 e. The third-order valence-electron chi connectivity index (χ3n) is 3.73. The van der Waals surface area contributed by atoms with Gasteiger partial charge in [0.15, 0.2) is 0 Å². The topological polar surface area (TPSA) is 66.0 Å². The molecule has 1 aromatic rings. The van der Waals surface area contributed by atoms with Gasteiger partial charge in [-0.2, -0.15) is 13.2 Å². The number of nitrogens with one attached hydrogen (secondary N) is 3. The zero-order chi connectivity index (χ0) is 15.7. The Kier molecular flexibility index (Phi) is 3.67. The Hall–Kier alpha value is -2.25. The van der Waals surface area contributed by atoms with Crippen LogP contribution < -0.4 is 16.0 Å². The number of aromatic nitrogens is 1. The summed E-state index contributed by atoms with van der Waals surface area (Å²) in [5.74, 6) is 0.0767. The fourth-order valence-electron chi connectivity index (χ4n) is 2.75. The van der Waals surface area contributed by atoms with E-state index in [2.05, 4.69) is 15.6 Å². The Morgan fingerprint density at radius 2 is 2.23 bits per heavy atom. The summed E-state index contributed by atoms with van der Waals surface area (Å²) < 4.78 is 36.4. The molecule has 0 aliphatic carbocycles. The molecule has 8 heteroatoms. The van der Waals surface area contributed by atoms with E-state index in [0.29, 0.717) is 6.54 Å². The molecular weight excluding hydrogens is 297 g/mol. The quantitative estimate of drug-likeness (QED) is 0.787. The third-order valence-corrected chi connectivity index (χ3v) is 3.73. The normalized spacial score (nSPS) is 20.0. The fourth-order valence-corrected chi connectivity index (χ4v) is 2.75. The first kappa shape index (κ1) is 14.7. The Morgan fingerprint density at radius 1 is 1.41 bits per heavy atom. The number of pyridine rings is 1. The van der Waals surface area contributed by atoms with Crippen LogP contribution in [0.2, 0.25) is 0 Å². The van der Waals surface area contributed by atoms with Crippen molar-refractivity contribution in [3.05, 3.63) is 35.2 Å². The standard InChI is InChI=1S/C14H15F3N4O/c15-14(16,17)7-21-13(22)11-5-8(6-20-11)9-1-3-18-12-10(9)2-4-19-12/h1,3,5,8,20H,2,4,6-7H2,(H,18,19)(H,21,22). The molecule has 0 bridgehead atoms. The number of hydrogen-bond donors (Lipinski definition) is 3. The average Bonchev–Trinajstić information content (AvgIpc) is 3.12. The SMILES string of the molecule is O=C(NCC(F)(F)F)C1=CC(c2ccnc3c2CCN3)CN1. The van der Waals surface area contributed by atoms with Gasteiger partial charge in [-0.05, 0) is 24.1 Å². The summed E-state index contributed by atoms with van der Waals surface area (Å²) in [7, 11) is 0. The van der Waals surface area contributed by atoms with Crippen molar-refractivity contribution in [3.8, 4) is 0 Å². The lowest BCUT2D eigenvalue weighted by atomic mass is 9.95. The molecule has 22 heavy (non-hydrogen) atoms. The number of fused-ring (bicyclic) bond motifs is 1. The number of carbonyl (C=O) groups excluding carboxylic acids is 1. The van der Waals surface area contributed by atoms with E-state index in [-0.39, 0.29) is 11.6 Å². The first-order valence-electron chi connectivity index (χ1n) is 6.96. The van der Waals surface area contributed by atoms with Gasteiger partial charge >= 0.3 is 6.18 Å². The van der Waals surface area contributed by atoms with Crippen LogP contribution in [-0.2, 0) is 11.2 Å². The molecule has 1 aromatic heterocycles. The maximum Gasteiger partial charge on any atom is 0.405 e. The van der Waals surface area contributed by atoms with E-state index < -0.39 is 18.6 Å². The lowest BCUT2D eigenvalue weighted by molar-refractivity contribution is -0.136. The van der Waals surface area contributed by atoms with Crippen LogP contribution in [0, 0.1) is 0 Å². The number of nitrogens with zero attached hydrogens (tertiary/aromatic N) is 1. The lowest BCUT2D eigenvalue weighted by Gasteiger charge is -2.11. The maximum atomic E-state index is 12.1. The first-order valence-corrected chi connectivity index (χ1v) is 6.96. The summed E-state index contributed by atoms with van der Waals surface area (Å²) in [4.78, 5) is 16.0. The molecule has 1 unspecified atom stereocenters. The minimum atomic E-state index is -4.41. The van der Waals surface area contributed by atoms with Gasteiger partial charge < -0.3 is 16.0 Å². The second kappa shape index (κ2) is 5.51. The largest absolute Gasteiger partial charge is 0.405 e. The van der Waals surface area contributed by atoms with Gasteiger partial charge in [0, 0.05) is 30.8 Å². The lowest BCUT2D eigenvalue weighted by Crippen LogP contribution is -2.36. The minimum absolute atomic E-state index is 0.0386. The Morgan fingerprint density at radius 3 is 3.00 bits per heavy atom. The summed E-state index contributed by atoms with van der Waals surface area (Å²) in [5.41, 5.74) is 2.36. The molecule has 0 saturated carbocycles. The van der Waals surface area contributed by atoms with Crippen LogP contribution in [0.15, 0.2) is 24.0 Å². The highest BCUT2D eigenvalue weighted by Crippen LogP contribution is 2.31. The Balaban J connectivity index is 1.72. The number of anilines is 1. The van der Waals surface area contributed by atoms with Gasteiger partial charge in [-0.15, -0.1) is 0 Å². The highest BCUT2D eigenvalue weighted by molar-refractivity contribution is 5.93. The number of halogens is 3.